The molecule has 1 aromatic heterocycles. The summed E-state index contributed by atoms with van der Waals surface area (Å²) in [7, 11) is 0. The van der Waals surface area contributed by atoms with E-state index in [1.807, 2.05) is 31.3 Å². The van der Waals surface area contributed by atoms with E-state index in [0.29, 0.717) is 5.92 Å². The number of hydrogen-bond acceptors (Lipinski definition) is 1. The average Bonchev–Trinajstić information content (AvgIpc) is 2.19. The molecule has 0 amide bonds. The van der Waals surface area contributed by atoms with Gasteiger partial charge in [-0.05, 0) is 30.5 Å². The Morgan fingerprint density at radius 2 is 2.14 bits per heavy atom. The van der Waals surface area contributed by atoms with Gasteiger partial charge in [0.25, 0.3) is 0 Å². The molecule has 14 heavy (non-hydrogen) atoms. The molecule has 1 aromatic rings. The lowest BCUT2D eigenvalue weighted by Crippen LogP contribution is -1.95. The quantitative estimate of drug-likeness (QED) is 0.657. The number of allylic oxidation sites excluding steroid dienone is 4. The van der Waals surface area contributed by atoms with E-state index in [1.54, 1.807) is 0 Å². The highest BCUT2D eigenvalue weighted by atomic mass is 14.7. The molecule has 1 rings (SSSR count). The summed E-state index contributed by atoms with van der Waals surface area (Å²) in [4.78, 5) is 4.35. The number of aromatic nitrogens is 1. The van der Waals surface area contributed by atoms with Gasteiger partial charge in [-0.1, -0.05) is 38.1 Å². The van der Waals surface area contributed by atoms with Crippen LogP contribution < -0.4 is 0 Å². The highest BCUT2D eigenvalue weighted by molar-refractivity contribution is 5.65. The van der Waals surface area contributed by atoms with E-state index < -0.39 is 0 Å². The van der Waals surface area contributed by atoms with Gasteiger partial charge < -0.3 is 0 Å². The summed E-state index contributed by atoms with van der Waals surface area (Å²) in [6, 6.07) is 6.01. The van der Waals surface area contributed by atoms with Crippen molar-refractivity contribution in [3.05, 3.63) is 48.3 Å². The van der Waals surface area contributed by atoms with Gasteiger partial charge in [-0.15, -0.1) is 0 Å². The van der Waals surface area contributed by atoms with Gasteiger partial charge in [0, 0.05) is 6.20 Å². The Morgan fingerprint density at radius 3 is 2.64 bits per heavy atom. The first-order valence-corrected chi connectivity index (χ1v) is 5.00. The van der Waals surface area contributed by atoms with E-state index in [-0.39, 0.29) is 0 Å². The van der Waals surface area contributed by atoms with E-state index in [1.165, 1.54) is 5.57 Å². The Balaban J connectivity index is 3.01. The van der Waals surface area contributed by atoms with Crippen LogP contribution in [0.1, 0.15) is 26.5 Å². The van der Waals surface area contributed by atoms with E-state index >= 15 is 0 Å². The molecule has 0 saturated carbocycles. The third-order valence-corrected chi connectivity index (χ3v) is 2.05. The third-order valence-electron chi connectivity index (χ3n) is 2.05. The van der Waals surface area contributed by atoms with Gasteiger partial charge in [-0.2, -0.15) is 0 Å². The number of rotatable bonds is 3. The Hall–Kier alpha value is -1.37. The zero-order chi connectivity index (χ0) is 10.4. The maximum Gasteiger partial charge on any atom is 0.0664 e. The molecule has 1 heteroatoms. The Labute approximate surface area is 86.2 Å². The molecular weight excluding hydrogens is 170 g/mol. The molecule has 0 bridgehead atoms. The Kier molecular flexibility index (Phi) is 4.11. The zero-order valence-corrected chi connectivity index (χ0v) is 9.07. The van der Waals surface area contributed by atoms with Crippen LogP contribution in [0.15, 0.2) is 42.6 Å². The number of pyridine rings is 1. The lowest BCUT2D eigenvalue weighted by atomic mass is 9.99. The van der Waals surface area contributed by atoms with Crippen molar-refractivity contribution in [2.45, 2.75) is 20.8 Å². The topological polar surface area (TPSA) is 12.9 Å². The summed E-state index contributed by atoms with van der Waals surface area (Å²) in [5.74, 6) is 0.501. The predicted octanol–water partition coefficient (Wildman–Crippen LogP) is 3.70. The Morgan fingerprint density at radius 1 is 1.36 bits per heavy atom. The molecule has 0 unspecified atom stereocenters. The zero-order valence-electron chi connectivity index (χ0n) is 9.07. The SMILES string of the molecule is C/C=C\C=C(\c1ccccn1)C(C)C. The molecule has 0 aromatic carbocycles. The minimum Gasteiger partial charge on any atom is -0.257 e. The summed E-state index contributed by atoms with van der Waals surface area (Å²) < 4.78 is 0. The molecule has 0 aliphatic heterocycles. The highest BCUT2D eigenvalue weighted by Crippen LogP contribution is 2.20. The van der Waals surface area contributed by atoms with E-state index in [9.17, 15) is 0 Å². The van der Waals surface area contributed by atoms with Gasteiger partial charge in [0.05, 0.1) is 5.69 Å². The van der Waals surface area contributed by atoms with Crippen molar-refractivity contribution < 1.29 is 0 Å². The molecule has 0 radical (unpaired) electrons. The fourth-order valence-corrected chi connectivity index (χ4v) is 1.31. The first kappa shape index (κ1) is 10.7. The first-order chi connectivity index (χ1) is 6.75. The van der Waals surface area contributed by atoms with Crippen molar-refractivity contribution in [3.8, 4) is 0 Å². The van der Waals surface area contributed by atoms with Crippen LogP contribution in [0, 0.1) is 5.92 Å². The van der Waals surface area contributed by atoms with Crippen LogP contribution in [0.25, 0.3) is 5.57 Å². The first-order valence-electron chi connectivity index (χ1n) is 5.00. The van der Waals surface area contributed by atoms with Gasteiger partial charge in [0.1, 0.15) is 0 Å². The van der Waals surface area contributed by atoms with Gasteiger partial charge >= 0.3 is 0 Å². The standard InChI is InChI=1S/C13H17N/c1-4-5-8-12(11(2)3)13-9-6-7-10-14-13/h4-11H,1-3H3/b5-4-,12-8+. The lowest BCUT2D eigenvalue weighted by molar-refractivity contribution is 0.848. The molecular formula is C13H17N. The minimum atomic E-state index is 0.501. The highest BCUT2D eigenvalue weighted by Gasteiger charge is 2.05. The van der Waals surface area contributed by atoms with Crippen molar-refractivity contribution in [3.63, 3.8) is 0 Å². The second kappa shape index (κ2) is 5.38. The molecule has 0 fully saturated rings. The van der Waals surface area contributed by atoms with Crippen LogP contribution in [0.2, 0.25) is 0 Å². The Bertz CT molecular complexity index is 320. The normalized spacial score (nSPS) is 12.7. The summed E-state index contributed by atoms with van der Waals surface area (Å²) in [6.07, 6.45) is 8.06. The van der Waals surface area contributed by atoms with Gasteiger partial charge in [0.2, 0.25) is 0 Å². The van der Waals surface area contributed by atoms with Crippen LogP contribution in [0.4, 0.5) is 0 Å². The fraction of sp³-hybridized carbons (Fsp3) is 0.308. The molecule has 0 aliphatic carbocycles. The van der Waals surface area contributed by atoms with Crippen molar-refractivity contribution in [2.75, 3.05) is 0 Å². The summed E-state index contributed by atoms with van der Waals surface area (Å²) >= 11 is 0. The second-order valence-corrected chi connectivity index (χ2v) is 3.52. The maximum atomic E-state index is 4.35. The van der Waals surface area contributed by atoms with Crippen LogP contribution in [-0.2, 0) is 0 Å². The molecule has 74 valence electrons. The van der Waals surface area contributed by atoms with Crippen molar-refractivity contribution in [1.29, 1.82) is 0 Å². The van der Waals surface area contributed by atoms with E-state index in [2.05, 4.69) is 37.0 Å². The second-order valence-electron chi connectivity index (χ2n) is 3.52. The molecule has 0 N–H and O–H groups in total. The predicted molar refractivity (Wildman–Crippen MR) is 61.9 cm³/mol. The van der Waals surface area contributed by atoms with Crippen molar-refractivity contribution >= 4 is 5.57 Å². The molecule has 0 atom stereocenters. The summed E-state index contributed by atoms with van der Waals surface area (Å²) in [5, 5.41) is 0. The average molecular weight is 187 g/mol. The third kappa shape index (κ3) is 2.84. The van der Waals surface area contributed by atoms with E-state index in [0.717, 1.165) is 5.69 Å². The van der Waals surface area contributed by atoms with Gasteiger partial charge in [-0.3, -0.25) is 4.98 Å². The van der Waals surface area contributed by atoms with Crippen LogP contribution in [-0.4, -0.2) is 4.98 Å². The smallest absolute Gasteiger partial charge is 0.0664 e. The number of nitrogens with zero attached hydrogens (tertiary/aromatic N) is 1. The molecule has 1 nitrogen and oxygen atoms in total. The van der Waals surface area contributed by atoms with Gasteiger partial charge in [-0.25, -0.2) is 0 Å². The van der Waals surface area contributed by atoms with E-state index in [4.69, 9.17) is 0 Å². The minimum absolute atomic E-state index is 0.501. The van der Waals surface area contributed by atoms with Crippen LogP contribution in [0.3, 0.4) is 0 Å². The van der Waals surface area contributed by atoms with Crippen LogP contribution in [0.5, 0.6) is 0 Å². The summed E-state index contributed by atoms with van der Waals surface area (Å²) in [6.45, 7) is 6.39. The lowest BCUT2D eigenvalue weighted by Gasteiger charge is -2.09. The fourth-order valence-electron chi connectivity index (χ4n) is 1.31. The summed E-state index contributed by atoms with van der Waals surface area (Å²) in [5.41, 5.74) is 2.35. The number of hydrogen-bond donors (Lipinski definition) is 0. The van der Waals surface area contributed by atoms with Crippen molar-refractivity contribution in [1.82, 2.24) is 4.98 Å². The molecule has 0 aliphatic rings. The largest absolute Gasteiger partial charge is 0.257 e. The van der Waals surface area contributed by atoms with Crippen molar-refractivity contribution in [2.24, 2.45) is 5.92 Å². The van der Waals surface area contributed by atoms with Gasteiger partial charge in [0.15, 0.2) is 0 Å². The molecule has 0 spiro atoms. The molecule has 1 heterocycles. The molecule has 0 saturated heterocycles. The maximum absolute atomic E-state index is 4.35. The monoisotopic (exact) mass is 187 g/mol. The van der Waals surface area contributed by atoms with Crippen LogP contribution >= 0.6 is 0 Å².